The van der Waals surface area contributed by atoms with Crippen molar-refractivity contribution in [1.29, 1.82) is 0 Å². The standard InChI is InChI=1S/C23H36O2/c1-14(13-24)17-5-6-18-16-11-20(25-4)23-12-15(23)7-10-22(23,3)19(16)8-9-21(17,18)2/h13-20H,5-12H2,1-4H3/t14-,15-,16?,17-,18?,19?,20-,21-,22-,23?/m1/s1. The van der Waals surface area contributed by atoms with Gasteiger partial charge in [0, 0.05) is 18.4 Å². The topological polar surface area (TPSA) is 26.3 Å². The molecule has 2 heteroatoms. The molecule has 5 saturated carbocycles. The molecule has 0 saturated heterocycles. The molecule has 1 spiro atoms. The van der Waals surface area contributed by atoms with Gasteiger partial charge in [0.05, 0.1) is 6.10 Å². The predicted molar refractivity (Wildman–Crippen MR) is 99.1 cm³/mol. The maximum Gasteiger partial charge on any atom is 0.123 e. The van der Waals surface area contributed by atoms with Gasteiger partial charge in [-0.3, -0.25) is 0 Å². The van der Waals surface area contributed by atoms with Gasteiger partial charge < -0.3 is 9.53 Å². The van der Waals surface area contributed by atoms with E-state index in [4.69, 9.17) is 4.74 Å². The molecule has 0 aliphatic heterocycles. The lowest BCUT2D eigenvalue weighted by Crippen LogP contribution is -2.57. The van der Waals surface area contributed by atoms with Crippen LogP contribution in [0.15, 0.2) is 0 Å². The molecule has 0 amide bonds. The number of fused-ring (bicyclic) bond motifs is 4. The average molecular weight is 345 g/mol. The van der Waals surface area contributed by atoms with Crippen LogP contribution in [0.1, 0.15) is 72.1 Å². The molecule has 0 aromatic rings. The zero-order valence-electron chi connectivity index (χ0n) is 16.6. The van der Waals surface area contributed by atoms with E-state index in [1.807, 2.05) is 7.11 Å². The van der Waals surface area contributed by atoms with Crippen LogP contribution in [0, 0.1) is 51.8 Å². The van der Waals surface area contributed by atoms with E-state index < -0.39 is 0 Å². The van der Waals surface area contributed by atoms with Crippen LogP contribution in [0.4, 0.5) is 0 Å². The van der Waals surface area contributed by atoms with Crippen LogP contribution in [-0.4, -0.2) is 19.5 Å². The Morgan fingerprint density at radius 3 is 2.56 bits per heavy atom. The highest BCUT2D eigenvalue weighted by atomic mass is 16.5. The Kier molecular flexibility index (Phi) is 3.43. The molecule has 0 aromatic heterocycles. The van der Waals surface area contributed by atoms with E-state index in [-0.39, 0.29) is 5.92 Å². The third kappa shape index (κ3) is 1.79. The lowest BCUT2D eigenvalue weighted by atomic mass is 9.45. The first-order valence-electron chi connectivity index (χ1n) is 10.9. The van der Waals surface area contributed by atoms with E-state index in [1.165, 1.54) is 57.7 Å². The van der Waals surface area contributed by atoms with Crippen molar-refractivity contribution in [3.63, 3.8) is 0 Å². The van der Waals surface area contributed by atoms with Gasteiger partial charge in [-0.25, -0.2) is 0 Å². The third-order valence-electron chi connectivity index (χ3n) is 10.8. The summed E-state index contributed by atoms with van der Waals surface area (Å²) in [4.78, 5) is 11.5. The highest BCUT2D eigenvalue weighted by molar-refractivity contribution is 5.53. The number of aldehydes is 1. The van der Waals surface area contributed by atoms with Gasteiger partial charge in [-0.15, -0.1) is 0 Å². The Labute approximate surface area is 153 Å². The van der Waals surface area contributed by atoms with Crippen LogP contribution in [0.5, 0.6) is 0 Å². The second kappa shape index (κ2) is 5.12. The first-order valence-corrected chi connectivity index (χ1v) is 10.9. The number of carbonyl (C=O) groups excluding carboxylic acids is 1. The molecule has 140 valence electrons. The van der Waals surface area contributed by atoms with Crippen LogP contribution in [0.25, 0.3) is 0 Å². The second-order valence-electron chi connectivity index (χ2n) is 11.0. The molecule has 0 N–H and O–H groups in total. The summed E-state index contributed by atoms with van der Waals surface area (Å²) in [6.45, 7) is 7.35. The van der Waals surface area contributed by atoms with Gasteiger partial charge in [-0.05, 0) is 91.8 Å². The number of rotatable bonds is 3. The van der Waals surface area contributed by atoms with Crippen molar-refractivity contribution in [3.8, 4) is 0 Å². The molecule has 0 bridgehead atoms. The number of ether oxygens (including phenoxy) is 1. The van der Waals surface area contributed by atoms with Crippen molar-refractivity contribution in [2.75, 3.05) is 7.11 Å². The number of methoxy groups -OCH3 is 1. The van der Waals surface area contributed by atoms with Gasteiger partial charge in [0.25, 0.3) is 0 Å². The highest BCUT2D eigenvalue weighted by Gasteiger charge is 2.77. The normalized spacial score (nSPS) is 60.2. The summed E-state index contributed by atoms with van der Waals surface area (Å²) in [5, 5.41) is 0. The minimum Gasteiger partial charge on any atom is -0.381 e. The zero-order valence-corrected chi connectivity index (χ0v) is 16.6. The van der Waals surface area contributed by atoms with Crippen molar-refractivity contribution in [2.24, 2.45) is 51.8 Å². The lowest BCUT2D eigenvalue weighted by Gasteiger charge is -2.61. The van der Waals surface area contributed by atoms with Crippen LogP contribution >= 0.6 is 0 Å². The van der Waals surface area contributed by atoms with Crippen LogP contribution in [-0.2, 0) is 9.53 Å². The van der Waals surface area contributed by atoms with Gasteiger partial charge in [0.1, 0.15) is 6.29 Å². The van der Waals surface area contributed by atoms with Crippen molar-refractivity contribution in [1.82, 2.24) is 0 Å². The summed E-state index contributed by atoms with van der Waals surface area (Å²) in [5.74, 6) is 4.37. The molecule has 0 heterocycles. The van der Waals surface area contributed by atoms with Gasteiger partial charge in [0.15, 0.2) is 0 Å². The average Bonchev–Trinajstić information content (AvgIpc) is 3.12. The van der Waals surface area contributed by atoms with Crippen LogP contribution in [0.3, 0.4) is 0 Å². The molecule has 25 heavy (non-hydrogen) atoms. The fraction of sp³-hybridized carbons (Fsp3) is 0.957. The highest BCUT2D eigenvalue weighted by Crippen LogP contribution is 2.82. The van der Waals surface area contributed by atoms with E-state index in [2.05, 4.69) is 20.8 Å². The van der Waals surface area contributed by atoms with Gasteiger partial charge >= 0.3 is 0 Å². The molecule has 2 nitrogen and oxygen atoms in total. The fourth-order valence-corrected chi connectivity index (χ4v) is 9.58. The minimum absolute atomic E-state index is 0.231. The molecule has 4 unspecified atom stereocenters. The first-order chi connectivity index (χ1) is 11.9. The molecular formula is C23H36O2. The largest absolute Gasteiger partial charge is 0.381 e. The molecule has 5 aliphatic rings. The predicted octanol–water partition coefficient (Wildman–Crippen LogP) is 5.11. The number of carbonyl (C=O) groups is 1. The molecule has 5 rings (SSSR count). The molecule has 5 aliphatic carbocycles. The molecule has 5 fully saturated rings. The SMILES string of the molecule is CO[C@@H]1CC2C3CC[C@H]([C@H](C)C=O)[C@@]3(C)CCC2[C@@]2(C)CC[C@@H]3CC312. The van der Waals surface area contributed by atoms with E-state index in [0.717, 1.165) is 23.7 Å². The summed E-state index contributed by atoms with van der Waals surface area (Å²) >= 11 is 0. The van der Waals surface area contributed by atoms with Crippen molar-refractivity contribution < 1.29 is 9.53 Å². The second-order valence-corrected chi connectivity index (χ2v) is 11.0. The third-order valence-corrected chi connectivity index (χ3v) is 10.8. The molecular weight excluding hydrogens is 308 g/mol. The smallest absolute Gasteiger partial charge is 0.123 e. The van der Waals surface area contributed by atoms with E-state index in [9.17, 15) is 4.79 Å². The Morgan fingerprint density at radius 2 is 1.88 bits per heavy atom. The van der Waals surface area contributed by atoms with Gasteiger partial charge in [0.2, 0.25) is 0 Å². The Morgan fingerprint density at radius 1 is 1.08 bits per heavy atom. The van der Waals surface area contributed by atoms with Crippen molar-refractivity contribution >= 4 is 6.29 Å². The van der Waals surface area contributed by atoms with Gasteiger partial charge in [-0.2, -0.15) is 0 Å². The summed E-state index contributed by atoms with van der Waals surface area (Å²) in [7, 11) is 1.97. The van der Waals surface area contributed by atoms with E-state index in [0.29, 0.717) is 28.3 Å². The Hall–Kier alpha value is -0.370. The van der Waals surface area contributed by atoms with E-state index >= 15 is 0 Å². The molecule has 10 atom stereocenters. The number of hydrogen-bond acceptors (Lipinski definition) is 2. The fourth-order valence-electron chi connectivity index (χ4n) is 9.58. The maximum atomic E-state index is 11.5. The minimum atomic E-state index is 0.231. The zero-order chi connectivity index (χ0) is 17.6. The van der Waals surface area contributed by atoms with Crippen molar-refractivity contribution in [3.05, 3.63) is 0 Å². The van der Waals surface area contributed by atoms with Crippen LogP contribution < -0.4 is 0 Å². The monoisotopic (exact) mass is 344 g/mol. The molecule has 0 aromatic carbocycles. The summed E-state index contributed by atoms with van der Waals surface area (Å²) in [6.07, 6.45) is 12.7. The summed E-state index contributed by atoms with van der Waals surface area (Å²) in [5.41, 5.74) is 1.45. The van der Waals surface area contributed by atoms with Crippen molar-refractivity contribution in [2.45, 2.75) is 78.2 Å². The first kappa shape index (κ1) is 16.8. The quantitative estimate of drug-likeness (QED) is 0.665. The summed E-state index contributed by atoms with van der Waals surface area (Å²) < 4.78 is 6.18. The number of hydrogen-bond donors (Lipinski definition) is 0. The van der Waals surface area contributed by atoms with E-state index in [1.54, 1.807) is 0 Å². The Balaban J connectivity index is 1.50. The van der Waals surface area contributed by atoms with Crippen LogP contribution in [0.2, 0.25) is 0 Å². The maximum absolute atomic E-state index is 11.5. The lowest BCUT2D eigenvalue weighted by molar-refractivity contribution is -0.161. The summed E-state index contributed by atoms with van der Waals surface area (Å²) in [6, 6.07) is 0. The van der Waals surface area contributed by atoms with Gasteiger partial charge in [-0.1, -0.05) is 20.8 Å². The Bertz CT molecular complexity index is 587. The molecule has 0 radical (unpaired) electrons.